The van der Waals surface area contributed by atoms with Crippen LogP contribution >= 0.6 is 11.8 Å². The molecule has 254 valence electrons. The fraction of sp³-hybridized carbons (Fsp3) is 0.697. The van der Waals surface area contributed by atoms with Gasteiger partial charge in [0.05, 0.1) is 51.4 Å². The number of hydrogen-bond donors (Lipinski definition) is 3. The molecule has 4 atom stereocenters. The molecule has 0 aliphatic carbocycles. The molecule has 1 aromatic rings. The molecule has 0 radical (unpaired) electrons. The van der Waals surface area contributed by atoms with Gasteiger partial charge < -0.3 is 34.9 Å². The van der Waals surface area contributed by atoms with Crippen LogP contribution in [0.5, 0.6) is 0 Å². The van der Waals surface area contributed by atoms with Crippen molar-refractivity contribution in [2.75, 3.05) is 58.3 Å². The molecule has 1 aromatic carbocycles. The highest BCUT2D eigenvalue weighted by atomic mass is 32.2. The molecule has 1 heterocycles. The van der Waals surface area contributed by atoms with Crippen LogP contribution in [-0.4, -0.2) is 105 Å². The minimum absolute atomic E-state index is 0.113. The highest BCUT2D eigenvalue weighted by molar-refractivity contribution is 7.99. The van der Waals surface area contributed by atoms with Crippen LogP contribution in [0.2, 0.25) is 0 Å². The Labute approximate surface area is 272 Å². The van der Waals surface area contributed by atoms with E-state index in [4.69, 9.17) is 18.9 Å². The SMILES string of the molecule is COCCOCCOCCSCC(=O)N[C@@H](CC(C)C)C(=O)N[C@@H](Cc1ccccc1)C(=O)N[C@@H](CC(C)C)C(=O)[C@@]1(C)CO1. The second-order valence-electron chi connectivity index (χ2n) is 12.3. The van der Waals surface area contributed by atoms with E-state index in [0.29, 0.717) is 58.2 Å². The summed E-state index contributed by atoms with van der Waals surface area (Å²) in [4.78, 5) is 53.2. The molecule has 45 heavy (non-hydrogen) atoms. The van der Waals surface area contributed by atoms with Crippen molar-refractivity contribution in [2.24, 2.45) is 11.8 Å². The molecular weight excluding hydrogens is 598 g/mol. The van der Waals surface area contributed by atoms with Crippen LogP contribution in [0, 0.1) is 11.8 Å². The zero-order valence-corrected chi connectivity index (χ0v) is 28.5. The van der Waals surface area contributed by atoms with Gasteiger partial charge in [-0.05, 0) is 37.2 Å². The summed E-state index contributed by atoms with van der Waals surface area (Å²) in [6, 6.07) is 6.85. The van der Waals surface area contributed by atoms with Crippen LogP contribution in [0.25, 0.3) is 0 Å². The van der Waals surface area contributed by atoms with Crippen LogP contribution in [0.15, 0.2) is 30.3 Å². The van der Waals surface area contributed by atoms with Crippen molar-refractivity contribution >= 4 is 35.3 Å². The second kappa shape index (κ2) is 20.6. The maximum atomic E-state index is 13.7. The maximum Gasteiger partial charge on any atom is 0.243 e. The van der Waals surface area contributed by atoms with Crippen molar-refractivity contribution in [3.63, 3.8) is 0 Å². The molecule has 1 aliphatic rings. The number of ketones is 1. The second-order valence-corrected chi connectivity index (χ2v) is 13.5. The predicted molar refractivity (Wildman–Crippen MR) is 175 cm³/mol. The molecule has 0 spiro atoms. The summed E-state index contributed by atoms with van der Waals surface area (Å²) in [7, 11) is 1.62. The molecule has 0 saturated carbocycles. The molecule has 0 unspecified atom stereocenters. The fourth-order valence-corrected chi connectivity index (χ4v) is 5.26. The number of methoxy groups -OCH3 is 1. The van der Waals surface area contributed by atoms with Gasteiger partial charge in [0.1, 0.15) is 17.7 Å². The Morgan fingerprint density at radius 2 is 1.38 bits per heavy atom. The first-order valence-corrected chi connectivity index (χ1v) is 16.9. The van der Waals surface area contributed by atoms with Crippen molar-refractivity contribution < 1.29 is 38.1 Å². The molecule has 11 nitrogen and oxygen atoms in total. The normalized spacial score (nSPS) is 17.9. The minimum atomic E-state index is -0.952. The van der Waals surface area contributed by atoms with Gasteiger partial charge >= 0.3 is 0 Å². The molecule has 1 fully saturated rings. The number of hydrogen-bond acceptors (Lipinski definition) is 9. The van der Waals surface area contributed by atoms with Crippen LogP contribution < -0.4 is 16.0 Å². The monoisotopic (exact) mass is 651 g/mol. The molecule has 2 rings (SSSR count). The average Bonchev–Trinajstić information content (AvgIpc) is 3.74. The number of carbonyl (C=O) groups excluding carboxylic acids is 4. The summed E-state index contributed by atoms with van der Waals surface area (Å²) in [6.45, 7) is 12.4. The van der Waals surface area contributed by atoms with Gasteiger partial charge in [-0.3, -0.25) is 19.2 Å². The van der Waals surface area contributed by atoms with Gasteiger partial charge in [-0.25, -0.2) is 0 Å². The van der Waals surface area contributed by atoms with Gasteiger partial charge in [0.25, 0.3) is 0 Å². The molecule has 3 amide bonds. The molecule has 1 saturated heterocycles. The van der Waals surface area contributed by atoms with Gasteiger partial charge in [-0.2, -0.15) is 0 Å². The first-order chi connectivity index (χ1) is 21.4. The number of nitrogens with one attached hydrogen (secondary N) is 3. The Bertz CT molecular complexity index is 1050. The van der Waals surface area contributed by atoms with Crippen molar-refractivity contribution in [3.05, 3.63) is 35.9 Å². The van der Waals surface area contributed by atoms with E-state index in [1.165, 1.54) is 11.8 Å². The summed E-state index contributed by atoms with van der Waals surface area (Å²) in [5.41, 5.74) is -0.0351. The van der Waals surface area contributed by atoms with Crippen molar-refractivity contribution in [1.29, 1.82) is 0 Å². The first-order valence-electron chi connectivity index (χ1n) is 15.8. The third-order valence-electron chi connectivity index (χ3n) is 7.12. The highest BCUT2D eigenvalue weighted by Gasteiger charge is 2.50. The quantitative estimate of drug-likeness (QED) is 0.113. The van der Waals surface area contributed by atoms with Crippen LogP contribution in [-0.2, 0) is 44.5 Å². The van der Waals surface area contributed by atoms with E-state index in [0.717, 1.165) is 5.56 Å². The third kappa shape index (κ3) is 15.6. The van der Waals surface area contributed by atoms with E-state index in [1.54, 1.807) is 14.0 Å². The molecule has 1 aliphatic heterocycles. The first kappa shape index (κ1) is 38.7. The number of rotatable bonds is 24. The van der Waals surface area contributed by atoms with E-state index in [2.05, 4.69) is 16.0 Å². The van der Waals surface area contributed by atoms with Crippen LogP contribution in [0.4, 0.5) is 0 Å². The lowest BCUT2D eigenvalue weighted by Crippen LogP contribution is -2.57. The maximum absolute atomic E-state index is 13.7. The summed E-state index contributed by atoms with van der Waals surface area (Å²) < 4.78 is 21.2. The van der Waals surface area contributed by atoms with E-state index < -0.39 is 35.5 Å². The zero-order valence-electron chi connectivity index (χ0n) is 27.7. The molecule has 0 aromatic heterocycles. The molecule has 3 N–H and O–H groups in total. The lowest BCUT2D eigenvalue weighted by Gasteiger charge is -2.27. The van der Waals surface area contributed by atoms with Crippen molar-refractivity contribution in [1.82, 2.24) is 16.0 Å². The van der Waals surface area contributed by atoms with Gasteiger partial charge in [-0.15, -0.1) is 11.8 Å². The Kier molecular flexibility index (Phi) is 17.7. The average molecular weight is 652 g/mol. The number of carbonyl (C=O) groups is 4. The number of epoxide rings is 1. The number of thioether (sulfide) groups is 1. The van der Waals surface area contributed by atoms with Crippen LogP contribution in [0.1, 0.15) is 53.0 Å². The lowest BCUT2D eigenvalue weighted by molar-refractivity contribution is -0.134. The summed E-state index contributed by atoms with van der Waals surface area (Å²) in [5.74, 6) is -0.286. The number of amides is 3. The fourth-order valence-electron chi connectivity index (χ4n) is 4.61. The lowest BCUT2D eigenvalue weighted by atomic mass is 9.93. The smallest absolute Gasteiger partial charge is 0.243 e. The Morgan fingerprint density at radius 1 is 0.822 bits per heavy atom. The van der Waals surface area contributed by atoms with Gasteiger partial charge in [0.15, 0.2) is 5.78 Å². The van der Waals surface area contributed by atoms with Crippen molar-refractivity contribution in [2.45, 2.75) is 77.6 Å². The van der Waals surface area contributed by atoms with Gasteiger partial charge in [0, 0.05) is 19.3 Å². The Balaban J connectivity index is 2.00. The summed E-state index contributed by atoms with van der Waals surface area (Å²) >= 11 is 1.41. The minimum Gasteiger partial charge on any atom is -0.382 e. The van der Waals surface area contributed by atoms with E-state index in [9.17, 15) is 19.2 Å². The molecule has 0 bridgehead atoms. The Morgan fingerprint density at radius 3 is 1.98 bits per heavy atom. The van der Waals surface area contributed by atoms with E-state index in [1.807, 2.05) is 58.0 Å². The largest absolute Gasteiger partial charge is 0.382 e. The van der Waals surface area contributed by atoms with Crippen molar-refractivity contribution in [3.8, 4) is 0 Å². The number of ether oxygens (including phenoxy) is 4. The molecular formula is C33H53N3O8S. The predicted octanol–water partition coefficient (Wildman–Crippen LogP) is 2.55. The van der Waals surface area contributed by atoms with Gasteiger partial charge in [0.2, 0.25) is 17.7 Å². The highest BCUT2D eigenvalue weighted by Crippen LogP contribution is 2.29. The number of Topliss-reactive ketones (excluding diaryl/α,β-unsaturated/α-hetero) is 1. The summed E-state index contributed by atoms with van der Waals surface area (Å²) in [6.07, 6.45) is 1.08. The van der Waals surface area contributed by atoms with Crippen LogP contribution in [0.3, 0.4) is 0 Å². The third-order valence-corrected chi connectivity index (χ3v) is 8.04. The molecule has 12 heteroatoms. The van der Waals surface area contributed by atoms with Gasteiger partial charge in [-0.1, -0.05) is 58.0 Å². The summed E-state index contributed by atoms with van der Waals surface area (Å²) in [5, 5.41) is 8.64. The Hall–Kier alpha value is -2.51. The van der Waals surface area contributed by atoms with E-state index >= 15 is 0 Å². The number of benzene rings is 1. The topological polar surface area (TPSA) is 145 Å². The van der Waals surface area contributed by atoms with E-state index in [-0.39, 0.29) is 35.7 Å². The standard InChI is InChI=1S/C33H53N3O8S/c1-23(2)18-26(30(38)33(5)22-44-33)35-32(40)28(20-25-10-8-7-9-11-25)36-31(39)27(19-24(3)4)34-29(37)21-45-17-16-43-15-14-42-13-12-41-6/h7-11,23-24,26-28H,12-22H2,1-6H3,(H,34,37)(H,35,40)(H,36,39)/t26-,27-,28-,33+/m0/s1. The zero-order chi connectivity index (χ0) is 33.2.